The van der Waals surface area contributed by atoms with Gasteiger partial charge in [-0.2, -0.15) is 0 Å². The molecule has 2 aromatic carbocycles. The first-order chi connectivity index (χ1) is 15.3. The van der Waals surface area contributed by atoms with Crippen molar-refractivity contribution in [2.24, 2.45) is 0 Å². The number of hydrogen-bond acceptors (Lipinski definition) is 7. The van der Waals surface area contributed by atoms with Crippen molar-refractivity contribution >= 4 is 62.3 Å². The van der Waals surface area contributed by atoms with Crippen LogP contribution in [0.15, 0.2) is 30.3 Å². The topological polar surface area (TPSA) is 88.8 Å². The fourth-order valence-corrected chi connectivity index (χ4v) is 5.25. The van der Waals surface area contributed by atoms with E-state index >= 15 is 0 Å². The number of halogens is 2. The Labute approximate surface area is 206 Å². The molecule has 0 spiro atoms. The molecule has 4 rings (SSSR count). The second-order valence-electron chi connectivity index (χ2n) is 7.68. The molecule has 0 bridgehead atoms. The summed E-state index contributed by atoms with van der Waals surface area (Å²) >= 11 is 7.61. The van der Waals surface area contributed by atoms with Crippen molar-refractivity contribution in [3.63, 3.8) is 0 Å². The lowest BCUT2D eigenvalue weighted by Crippen LogP contribution is -2.43. The number of rotatable bonds is 6. The maximum atomic E-state index is 13.6. The lowest BCUT2D eigenvalue weighted by atomic mass is 10.1. The lowest BCUT2D eigenvalue weighted by molar-refractivity contribution is -0.385. The van der Waals surface area contributed by atoms with Gasteiger partial charge in [0.05, 0.1) is 28.4 Å². The Bertz CT molecular complexity index is 1180. The summed E-state index contributed by atoms with van der Waals surface area (Å²) in [6.45, 7) is 7.52. The third-order valence-corrected chi connectivity index (χ3v) is 6.83. The second kappa shape index (κ2) is 10.8. The minimum absolute atomic E-state index is 0. The van der Waals surface area contributed by atoms with Crippen LogP contribution in [-0.4, -0.2) is 60.1 Å². The average Bonchev–Trinajstić information content (AvgIpc) is 3.18. The van der Waals surface area contributed by atoms with E-state index in [1.165, 1.54) is 17.4 Å². The number of anilines is 1. The molecule has 0 aliphatic carbocycles. The number of benzene rings is 2. The van der Waals surface area contributed by atoms with Crippen LogP contribution >= 0.6 is 35.3 Å². The highest BCUT2D eigenvalue weighted by atomic mass is 35.5. The third kappa shape index (κ3) is 5.44. The smallest absolute Gasteiger partial charge is 0.273 e. The molecule has 0 unspecified atom stereocenters. The number of carbonyl (C=O) groups is 1. The molecule has 0 N–H and O–H groups in total. The number of nitrogens with zero attached hydrogens (tertiary/aromatic N) is 4. The summed E-state index contributed by atoms with van der Waals surface area (Å²) in [5, 5.41) is 12.6. The van der Waals surface area contributed by atoms with Crippen molar-refractivity contribution in [1.82, 2.24) is 9.88 Å². The monoisotopic (exact) mass is 510 g/mol. The van der Waals surface area contributed by atoms with Gasteiger partial charge in [0.1, 0.15) is 0 Å². The normalized spacial score (nSPS) is 14.2. The molecule has 1 aliphatic rings. The van der Waals surface area contributed by atoms with E-state index in [4.69, 9.17) is 21.3 Å². The largest absolute Gasteiger partial charge is 0.379 e. The highest BCUT2D eigenvalue weighted by Gasteiger charge is 2.26. The number of morpholine rings is 1. The number of fused-ring (bicyclic) bond motifs is 1. The van der Waals surface area contributed by atoms with E-state index in [9.17, 15) is 14.9 Å². The molecule has 176 valence electrons. The molecule has 3 aromatic rings. The van der Waals surface area contributed by atoms with Gasteiger partial charge in [0, 0.05) is 48.4 Å². The average molecular weight is 511 g/mol. The van der Waals surface area contributed by atoms with Crippen LogP contribution in [0, 0.1) is 24.0 Å². The molecule has 1 aliphatic heterocycles. The van der Waals surface area contributed by atoms with Gasteiger partial charge in [0.25, 0.3) is 11.6 Å². The molecule has 8 nitrogen and oxygen atoms in total. The highest BCUT2D eigenvalue weighted by molar-refractivity contribution is 7.22. The van der Waals surface area contributed by atoms with Crippen LogP contribution in [0.2, 0.25) is 5.02 Å². The summed E-state index contributed by atoms with van der Waals surface area (Å²) in [5.41, 5.74) is 2.31. The van der Waals surface area contributed by atoms with Crippen molar-refractivity contribution in [3.8, 4) is 0 Å². The number of aryl methyl sites for hydroxylation is 1. The number of nitro benzene ring substituents is 1. The summed E-state index contributed by atoms with van der Waals surface area (Å²) < 4.78 is 6.31. The highest BCUT2D eigenvalue weighted by Crippen LogP contribution is 2.34. The van der Waals surface area contributed by atoms with Gasteiger partial charge in [0.15, 0.2) is 5.13 Å². The Morgan fingerprint density at radius 3 is 2.73 bits per heavy atom. The zero-order chi connectivity index (χ0) is 22.8. The Morgan fingerprint density at radius 1 is 1.30 bits per heavy atom. The molecule has 33 heavy (non-hydrogen) atoms. The molecule has 2 heterocycles. The quantitative estimate of drug-likeness (QED) is 0.347. The van der Waals surface area contributed by atoms with E-state index in [0.29, 0.717) is 47.6 Å². The van der Waals surface area contributed by atoms with Gasteiger partial charge in [-0.25, -0.2) is 4.98 Å². The number of ether oxygens (including phenoxy) is 1. The Balaban J connectivity index is 0.00000306. The van der Waals surface area contributed by atoms with Crippen LogP contribution in [0.3, 0.4) is 0 Å². The first kappa shape index (κ1) is 25.3. The molecule has 1 fully saturated rings. The van der Waals surface area contributed by atoms with Crippen molar-refractivity contribution in [1.29, 1.82) is 0 Å². The zero-order valence-corrected chi connectivity index (χ0v) is 20.6. The number of thiazole rings is 1. The standard InChI is InChI=1S/C22H23ClN4O4S.ClH/c1-14-12-16(23)13-19-20(14)24-22(32-19)26(7-6-25-8-10-31-11-9-25)21(28)17-4-3-5-18(15(17)2)27(29)30;/h3-5,12-13H,6-11H2,1-2H3;1H. The Morgan fingerprint density at radius 2 is 2.03 bits per heavy atom. The maximum Gasteiger partial charge on any atom is 0.273 e. The van der Waals surface area contributed by atoms with E-state index in [1.807, 2.05) is 19.1 Å². The van der Waals surface area contributed by atoms with E-state index in [1.54, 1.807) is 24.0 Å². The van der Waals surface area contributed by atoms with Gasteiger partial charge in [-0.3, -0.25) is 24.7 Å². The number of aromatic nitrogens is 1. The van der Waals surface area contributed by atoms with E-state index < -0.39 is 4.92 Å². The molecule has 0 saturated carbocycles. The van der Waals surface area contributed by atoms with Gasteiger partial charge >= 0.3 is 0 Å². The molecule has 11 heteroatoms. The Hall–Kier alpha value is -2.30. The molecule has 1 saturated heterocycles. The summed E-state index contributed by atoms with van der Waals surface area (Å²) in [6, 6.07) is 8.27. The van der Waals surface area contributed by atoms with Crippen molar-refractivity contribution < 1.29 is 14.5 Å². The number of amides is 1. The predicted octanol–water partition coefficient (Wildman–Crippen LogP) is 4.88. The molecule has 0 atom stereocenters. The van der Waals surface area contributed by atoms with Crippen LogP contribution in [0.4, 0.5) is 10.8 Å². The van der Waals surface area contributed by atoms with Gasteiger partial charge < -0.3 is 4.74 Å². The summed E-state index contributed by atoms with van der Waals surface area (Å²) in [4.78, 5) is 33.2. The third-order valence-electron chi connectivity index (χ3n) is 5.59. The fraction of sp³-hybridized carbons (Fsp3) is 0.364. The first-order valence-corrected chi connectivity index (χ1v) is 11.5. The van der Waals surface area contributed by atoms with Crippen LogP contribution in [0.25, 0.3) is 10.2 Å². The van der Waals surface area contributed by atoms with Crippen molar-refractivity contribution in [2.45, 2.75) is 13.8 Å². The van der Waals surface area contributed by atoms with E-state index in [-0.39, 0.29) is 24.0 Å². The van der Waals surface area contributed by atoms with Crippen LogP contribution < -0.4 is 4.90 Å². The van der Waals surface area contributed by atoms with Crippen LogP contribution in [-0.2, 0) is 4.74 Å². The van der Waals surface area contributed by atoms with Gasteiger partial charge in [-0.1, -0.05) is 29.0 Å². The van der Waals surface area contributed by atoms with E-state index in [0.717, 1.165) is 28.9 Å². The summed E-state index contributed by atoms with van der Waals surface area (Å²) in [5.74, 6) is -0.303. The maximum absolute atomic E-state index is 13.6. The summed E-state index contributed by atoms with van der Waals surface area (Å²) in [6.07, 6.45) is 0. The number of carbonyl (C=O) groups excluding carboxylic acids is 1. The SMILES string of the molecule is Cc1c(C(=O)N(CCN2CCOCC2)c2nc3c(C)cc(Cl)cc3s2)cccc1[N+](=O)[O-].Cl. The van der Waals surface area contributed by atoms with E-state index in [2.05, 4.69) is 4.90 Å². The first-order valence-electron chi connectivity index (χ1n) is 10.3. The number of nitro groups is 1. The van der Waals surface area contributed by atoms with Gasteiger partial charge in [-0.15, -0.1) is 12.4 Å². The lowest BCUT2D eigenvalue weighted by Gasteiger charge is -2.29. The second-order valence-corrected chi connectivity index (χ2v) is 9.13. The molecular formula is C22H24Cl2N4O4S. The number of hydrogen-bond donors (Lipinski definition) is 0. The fourth-order valence-electron chi connectivity index (χ4n) is 3.81. The molecular weight excluding hydrogens is 487 g/mol. The summed E-state index contributed by atoms with van der Waals surface area (Å²) in [7, 11) is 0. The van der Waals surface area contributed by atoms with Gasteiger partial charge in [0.2, 0.25) is 0 Å². The van der Waals surface area contributed by atoms with Crippen molar-refractivity contribution in [2.75, 3.05) is 44.3 Å². The molecule has 1 amide bonds. The minimum atomic E-state index is -0.465. The predicted molar refractivity (Wildman–Crippen MR) is 133 cm³/mol. The Kier molecular flexibility index (Phi) is 8.25. The van der Waals surface area contributed by atoms with Crippen LogP contribution in [0.5, 0.6) is 0 Å². The molecule has 0 radical (unpaired) electrons. The minimum Gasteiger partial charge on any atom is -0.379 e. The zero-order valence-electron chi connectivity index (χ0n) is 18.2. The molecule has 1 aromatic heterocycles. The van der Waals surface area contributed by atoms with Gasteiger partial charge in [-0.05, 0) is 37.6 Å². The van der Waals surface area contributed by atoms with Crippen LogP contribution in [0.1, 0.15) is 21.5 Å². The van der Waals surface area contributed by atoms with Crippen molar-refractivity contribution in [3.05, 3.63) is 62.2 Å².